The van der Waals surface area contributed by atoms with Crippen LogP contribution in [-0.4, -0.2) is 16.8 Å². The van der Waals surface area contributed by atoms with Gasteiger partial charge in [0.05, 0.1) is 4.91 Å². The van der Waals surface area contributed by atoms with Gasteiger partial charge in [0.2, 0.25) is 0 Å². The van der Waals surface area contributed by atoms with Crippen LogP contribution in [-0.2, 0) is 4.79 Å². The first kappa shape index (κ1) is 24.4. The predicted molar refractivity (Wildman–Crippen MR) is 150 cm³/mol. The van der Waals surface area contributed by atoms with Crippen molar-refractivity contribution in [2.75, 3.05) is 0 Å². The molecule has 7 heteroatoms. The highest BCUT2D eigenvalue weighted by molar-refractivity contribution is 9.10. The third-order valence-electron chi connectivity index (χ3n) is 5.68. The minimum Gasteiger partial charge on any atom is -0.267 e. The van der Waals surface area contributed by atoms with E-state index in [2.05, 4.69) is 21.4 Å². The molecular formula is C29H20BrClN2O2S. The molecule has 5 rings (SSSR count). The van der Waals surface area contributed by atoms with E-state index in [9.17, 15) is 9.59 Å². The van der Waals surface area contributed by atoms with Gasteiger partial charge in [-0.1, -0.05) is 106 Å². The summed E-state index contributed by atoms with van der Waals surface area (Å²) in [6.07, 6.45) is 1.83. The molecule has 0 aliphatic carbocycles. The van der Waals surface area contributed by atoms with E-state index in [0.29, 0.717) is 15.5 Å². The number of rotatable bonds is 5. The number of hydrogen-bond acceptors (Lipinski definition) is 3. The van der Waals surface area contributed by atoms with Crippen molar-refractivity contribution >= 4 is 57.2 Å². The number of nitrogens with zero attached hydrogens (tertiary/aromatic N) is 1. The molecule has 0 bridgehead atoms. The summed E-state index contributed by atoms with van der Waals surface area (Å²) in [5.41, 5.74) is 7.13. The molecule has 0 saturated carbocycles. The number of hydrazine groups is 1. The number of amides is 2. The highest BCUT2D eigenvalue weighted by Gasteiger charge is 2.38. The third-order valence-corrected chi connectivity index (χ3v) is 7.68. The SMILES string of the molecule is O=C(NN1C(=O)/C(=C/c2cccc(Br)c2)SC1c1ccc(Cl)cc1)c1ccc(-c2ccccc2)cc1. The smallest absolute Gasteiger partial charge is 0.267 e. The van der Waals surface area contributed by atoms with Gasteiger partial charge in [0.1, 0.15) is 5.37 Å². The van der Waals surface area contributed by atoms with Crippen LogP contribution in [0.15, 0.2) is 113 Å². The fourth-order valence-corrected chi connectivity index (χ4v) is 5.60. The van der Waals surface area contributed by atoms with Crippen LogP contribution < -0.4 is 5.43 Å². The summed E-state index contributed by atoms with van der Waals surface area (Å²) in [6.45, 7) is 0. The molecule has 1 aliphatic heterocycles. The summed E-state index contributed by atoms with van der Waals surface area (Å²) in [6, 6.07) is 32.3. The number of thioether (sulfide) groups is 1. The Kier molecular flexibility index (Phi) is 7.28. The monoisotopic (exact) mass is 574 g/mol. The maximum atomic E-state index is 13.4. The summed E-state index contributed by atoms with van der Waals surface area (Å²) < 4.78 is 0.922. The molecule has 4 aromatic rings. The van der Waals surface area contributed by atoms with E-state index in [1.54, 1.807) is 24.3 Å². The van der Waals surface area contributed by atoms with Crippen molar-refractivity contribution in [2.45, 2.75) is 5.37 Å². The van der Waals surface area contributed by atoms with Crippen LogP contribution in [0.3, 0.4) is 0 Å². The number of carbonyl (C=O) groups excluding carboxylic acids is 2. The molecule has 1 heterocycles. The van der Waals surface area contributed by atoms with Gasteiger partial charge in [0, 0.05) is 15.1 Å². The number of nitrogens with one attached hydrogen (secondary N) is 1. The molecule has 0 aromatic heterocycles. The molecule has 36 heavy (non-hydrogen) atoms. The fourth-order valence-electron chi connectivity index (χ4n) is 3.86. The molecule has 4 nitrogen and oxygen atoms in total. The third kappa shape index (κ3) is 5.41. The van der Waals surface area contributed by atoms with Crippen molar-refractivity contribution in [1.29, 1.82) is 0 Å². The van der Waals surface area contributed by atoms with E-state index in [0.717, 1.165) is 26.7 Å². The Balaban J connectivity index is 1.42. The van der Waals surface area contributed by atoms with Crippen LogP contribution in [0, 0.1) is 0 Å². The number of benzene rings is 4. The van der Waals surface area contributed by atoms with E-state index >= 15 is 0 Å². The van der Waals surface area contributed by atoms with Gasteiger partial charge in [-0.05, 0) is 64.7 Å². The van der Waals surface area contributed by atoms with Gasteiger partial charge < -0.3 is 0 Å². The zero-order valence-electron chi connectivity index (χ0n) is 18.9. The molecule has 1 atom stereocenters. The van der Waals surface area contributed by atoms with Crippen molar-refractivity contribution in [1.82, 2.24) is 10.4 Å². The number of carbonyl (C=O) groups is 2. The van der Waals surface area contributed by atoms with Crippen LogP contribution in [0.4, 0.5) is 0 Å². The molecule has 0 radical (unpaired) electrons. The lowest BCUT2D eigenvalue weighted by Gasteiger charge is -2.24. The minimum absolute atomic E-state index is 0.269. The Morgan fingerprint density at radius 3 is 2.28 bits per heavy atom. The summed E-state index contributed by atoms with van der Waals surface area (Å²) in [5, 5.41) is 1.57. The molecule has 0 spiro atoms. The maximum absolute atomic E-state index is 13.4. The molecule has 1 fully saturated rings. The van der Waals surface area contributed by atoms with E-state index in [4.69, 9.17) is 11.6 Å². The lowest BCUT2D eigenvalue weighted by molar-refractivity contribution is -0.128. The summed E-state index contributed by atoms with van der Waals surface area (Å²) in [4.78, 5) is 27.1. The highest BCUT2D eigenvalue weighted by atomic mass is 79.9. The summed E-state index contributed by atoms with van der Waals surface area (Å²) >= 11 is 10.9. The van der Waals surface area contributed by atoms with Crippen molar-refractivity contribution in [2.24, 2.45) is 0 Å². The Bertz CT molecular complexity index is 1440. The van der Waals surface area contributed by atoms with Crippen molar-refractivity contribution in [3.05, 3.63) is 134 Å². The van der Waals surface area contributed by atoms with E-state index in [-0.39, 0.29) is 11.8 Å². The Morgan fingerprint density at radius 1 is 0.889 bits per heavy atom. The maximum Gasteiger partial charge on any atom is 0.280 e. The average molecular weight is 576 g/mol. The van der Waals surface area contributed by atoms with E-state index < -0.39 is 5.37 Å². The second kappa shape index (κ2) is 10.7. The minimum atomic E-state index is -0.430. The van der Waals surface area contributed by atoms with Gasteiger partial charge in [-0.2, -0.15) is 0 Å². The predicted octanol–water partition coefficient (Wildman–Crippen LogP) is 7.73. The Hall–Kier alpha value is -3.32. The first-order valence-corrected chi connectivity index (χ1v) is 13.2. The Labute approximate surface area is 227 Å². The van der Waals surface area contributed by atoms with Gasteiger partial charge in [-0.15, -0.1) is 0 Å². The second-order valence-corrected chi connectivity index (χ2v) is 10.6. The second-order valence-electron chi connectivity index (χ2n) is 8.14. The normalized spacial score (nSPS) is 16.4. The zero-order valence-corrected chi connectivity index (χ0v) is 22.1. The quantitative estimate of drug-likeness (QED) is 0.248. The lowest BCUT2D eigenvalue weighted by Crippen LogP contribution is -2.44. The first-order chi connectivity index (χ1) is 17.5. The van der Waals surface area contributed by atoms with Gasteiger partial charge >= 0.3 is 0 Å². The number of hydrogen-bond donors (Lipinski definition) is 1. The number of halogens is 2. The largest absolute Gasteiger partial charge is 0.280 e. The summed E-state index contributed by atoms with van der Waals surface area (Å²) in [5.74, 6) is -0.625. The van der Waals surface area contributed by atoms with Crippen LogP contribution in [0.1, 0.15) is 26.9 Å². The van der Waals surface area contributed by atoms with Gasteiger partial charge in [-0.3, -0.25) is 15.0 Å². The van der Waals surface area contributed by atoms with E-state index in [1.807, 2.05) is 84.9 Å². The molecule has 2 amide bonds. The average Bonchev–Trinajstić information content (AvgIpc) is 3.19. The topological polar surface area (TPSA) is 49.4 Å². The highest BCUT2D eigenvalue weighted by Crippen LogP contribution is 2.45. The van der Waals surface area contributed by atoms with Gasteiger partial charge in [0.15, 0.2) is 0 Å². The van der Waals surface area contributed by atoms with Crippen LogP contribution >= 0.6 is 39.3 Å². The van der Waals surface area contributed by atoms with Gasteiger partial charge in [0.25, 0.3) is 11.8 Å². The molecule has 1 unspecified atom stereocenters. The molecule has 1 aliphatic rings. The first-order valence-electron chi connectivity index (χ1n) is 11.2. The lowest BCUT2D eigenvalue weighted by atomic mass is 10.0. The fraction of sp³-hybridized carbons (Fsp3) is 0.0345. The zero-order chi connectivity index (χ0) is 25.1. The van der Waals surface area contributed by atoms with Crippen LogP contribution in [0.2, 0.25) is 5.02 Å². The molecule has 1 N–H and O–H groups in total. The van der Waals surface area contributed by atoms with Crippen molar-refractivity contribution in [3.8, 4) is 11.1 Å². The van der Waals surface area contributed by atoms with Crippen LogP contribution in [0.5, 0.6) is 0 Å². The van der Waals surface area contributed by atoms with Crippen LogP contribution in [0.25, 0.3) is 17.2 Å². The van der Waals surface area contributed by atoms with Crippen molar-refractivity contribution in [3.63, 3.8) is 0 Å². The van der Waals surface area contributed by atoms with Gasteiger partial charge in [-0.25, -0.2) is 5.01 Å². The van der Waals surface area contributed by atoms with Crippen molar-refractivity contribution < 1.29 is 9.59 Å². The standard InChI is InChI=1S/C29H20BrClN2O2S/c30-24-8-4-5-19(17-24)18-26-28(35)33(29(36-26)23-13-15-25(31)16-14-23)32-27(34)22-11-9-21(10-12-22)20-6-2-1-3-7-20/h1-18,29H,(H,32,34)/b26-18-. The molecule has 1 saturated heterocycles. The molecular weight excluding hydrogens is 556 g/mol. The summed E-state index contributed by atoms with van der Waals surface area (Å²) in [7, 11) is 0. The van der Waals surface area contributed by atoms with E-state index in [1.165, 1.54) is 16.8 Å². The molecule has 4 aromatic carbocycles. The Morgan fingerprint density at radius 2 is 1.58 bits per heavy atom. The molecule has 178 valence electrons.